The average molecular weight is 288 g/mol. The van der Waals surface area contributed by atoms with Gasteiger partial charge >= 0.3 is 0 Å². The Morgan fingerprint density at radius 2 is 1.95 bits per heavy atom. The molecule has 0 aromatic heterocycles. The first-order valence-electron chi connectivity index (χ1n) is 8.68. The van der Waals surface area contributed by atoms with Crippen molar-refractivity contribution in [2.45, 2.75) is 52.0 Å². The minimum Gasteiger partial charge on any atom is -0.378 e. The Morgan fingerprint density at radius 1 is 1.19 bits per heavy atom. The van der Waals surface area contributed by atoms with Crippen molar-refractivity contribution in [2.24, 2.45) is 11.8 Å². The summed E-state index contributed by atoms with van der Waals surface area (Å²) in [7, 11) is 4.24. The zero-order valence-electron chi connectivity index (χ0n) is 14.2. The van der Waals surface area contributed by atoms with Crippen molar-refractivity contribution in [3.8, 4) is 0 Å². The molecule has 1 N–H and O–H groups in total. The number of anilines is 1. The minimum atomic E-state index is 0.514. The predicted octanol–water partition coefficient (Wildman–Crippen LogP) is 4.62. The van der Waals surface area contributed by atoms with Crippen LogP contribution in [0, 0.1) is 11.8 Å². The van der Waals surface area contributed by atoms with Crippen LogP contribution >= 0.6 is 0 Å². The Labute approximate surface area is 130 Å². The van der Waals surface area contributed by atoms with Gasteiger partial charge < -0.3 is 10.2 Å². The molecule has 1 aliphatic rings. The van der Waals surface area contributed by atoms with Crippen LogP contribution in [0.4, 0.5) is 5.69 Å². The van der Waals surface area contributed by atoms with Crippen molar-refractivity contribution in [3.05, 3.63) is 29.8 Å². The van der Waals surface area contributed by atoms with E-state index < -0.39 is 0 Å². The fraction of sp³-hybridized carbons (Fsp3) is 0.684. The number of benzene rings is 1. The molecule has 0 heterocycles. The summed E-state index contributed by atoms with van der Waals surface area (Å²) in [6.07, 6.45) is 6.93. The summed E-state index contributed by atoms with van der Waals surface area (Å²) >= 11 is 0. The van der Waals surface area contributed by atoms with Crippen LogP contribution in [0.2, 0.25) is 0 Å². The van der Waals surface area contributed by atoms with E-state index in [0.29, 0.717) is 6.04 Å². The maximum absolute atomic E-state index is 3.78. The van der Waals surface area contributed by atoms with E-state index >= 15 is 0 Å². The van der Waals surface area contributed by atoms with Crippen LogP contribution in [-0.2, 0) is 0 Å². The Bertz CT molecular complexity index is 427. The van der Waals surface area contributed by atoms with Gasteiger partial charge in [0.15, 0.2) is 0 Å². The predicted molar refractivity (Wildman–Crippen MR) is 92.9 cm³/mol. The maximum Gasteiger partial charge on any atom is 0.0364 e. The highest BCUT2D eigenvalue weighted by Gasteiger charge is 2.31. The molecule has 2 rings (SSSR count). The lowest BCUT2D eigenvalue weighted by molar-refractivity contribution is 0.177. The molecule has 3 unspecified atom stereocenters. The number of rotatable bonds is 6. The number of nitrogens with zero attached hydrogens (tertiary/aromatic N) is 1. The van der Waals surface area contributed by atoms with E-state index in [1.54, 1.807) is 0 Å². The van der Waals surface area contributed by atoms with Crippen molar-refractivity contribution in [1.29, 1.82) is 0 Å². The van der Waals surface area contributed by atoms with Gasteiger partial charge in [-0.3, -0.25) is 0 Å². The van der Waals surface area contributed by atoms with Crippen LogP contribution in [0.3, 0.4) is 0 Å². The van der Waals surface area contributed by atoms with Gasteiger partial charge in [-0.15, -0.1) is 0 Å². The molecule has 0 bridgehead atoms. The largest absolute Gasteiger partial charge is 0.378 e. The average Bonchev–Trinajstić information content (AvgIpc) is 2.52. The van der Waals surface area contributed by atoms with E-state index in [1.165, 1.54) is 43.4 Å². The van der Waals surface area contributed by atoms with E-state index in [4.69, 9.17) is 0 Å². The Morgan fingerprint density at radius 3 is 2.62 bits per heavy atom. The summed E-state index contributed by atoms with van der Waals surface area (Å²) in [4.78, 5) is 2.20. The molecule has 0 spiro atoms. The van der Waals surface area contributed by atoms with Crippen LogP contribution in [0.5, 0.6) is 0 Å². The standard InChI is InChI=1S/C19H32N2/c1-5-15-10-7-8-13-18(15)19(20-6-2)16-11-9-12-17(14-16)21(3)4/h9,11-12,14-15,18-20H,5-8,10,13H2,1-4H3. The second-order valence-corrected chi connectivity index (χ2v) is 6.64. The Kier molecular flexibility index (Phi) is 6.10. The van der Waals surface area contributed by atoms with Crippen molar-refractivity contribution in [3.63, 3.8) is 0 Å². The molecular formula is C19H32N2. The Hall–Kier alpha value is -1.02. The van der Waals surface area contributed by atoms with Crippen LogP contribution in [0.15, 0.2) is 24.3 Å². The van der Waals surface area contributed by atoms with Crippen molar-refractivity contribution in [1.82, 2.24) is 5.32 Å². The van der Waals surface area contributed by atoms with Gasteiger partial charge in [0.05, 0.1) is 0 Å². The number of nitrogens with one attached hydrogen (secondary N) is 1. The lowest BCUT2D eigenvalue weighted by atomic mass is 9.72. The lowest BCUT2D eigenvalue weighted by Crippen LogP contribution is -2.34. The van der Waals surface area contributed by atoms with Gasteiger partial charge in [-0.1, -0.05) is 51.7 Å². The van der Waals surface area contributed by atoms with Gasteiger partial charge in [-0.05, 0) is 42.5 Å². The fourth-order valence-corrected chi connectivity index (χ4v) is 3.91. The summed E-state index contributed by atoms with van der Waals surface area (Å²) < 4.78 is 0. The summed E-state index contributed by atoms with van der Waals surface area (Å²) in [6, 6.07) is 9.60. The van der Waals surface area contributed by atoms with E-state index in [0.717, 1.165) is 18.4 Å². The van der Waals surface area contributed by atoms with Crippen molar-refractivity contribution >= 4 is 5.69 Å². The minimum absolute atomic E-state index is 0.514. The highest BCUT2D eigenvalue weighted by atomic mass is 15.1. The molecule has 1 saturated carbocycles. The number of hydrogen-bond donors (Lipinski definition) is 1. The van der Waals surface area contributed by atoms with Crippen LogP contribution in [0.25, 0.3) is 0 Å². The highest BCUT2D eigenvalue weighted by Crippen LogP contribution is 2.40. The van der Waals surface area contributed by atoms with Gasteiger partial charge in [-0.2, -0.15) is 0 Å². The lowest BCUT2D eigenvalue weighted by Gasteiger charge is -2.38. The summed E-state index contributed by atoms with van der Waals surface area (Å²) in [6.45, 7) is 5.64. The van der Waals surface area contributed by atoms with Crippen LogP contribution in [-0.4, -0.2) is 20.6 Å². The van der Waals surface area contributed by atoms with Crippen molar-refractivity contribution in [2.75, 3.05) is 25.5 Å². The quantitative estimate of drug-likeness (QED) is 0.821. The zero-order chi connectivity index (χ0) is 15.2. The first-order chi connectivity index (χ1) is 10.2. The van der Waals surface area contributed by atoms with Gasteiger partial charge in [0.1, 0.15) is 0 Å². The second kappa shape index (κ2) is 7.84. The molecule has 1 aliphatic carbocycles. The third-order valence-electron chi connectivity index (χ3n) is 5.09. The first-order valence-corrected chi connectivity index (χ1v) is 8.68. The maximum atomic E-state index is 3.78. The fourth-order valence-electron chi connectivity index (χ4n) is 3.91. The molecule has 1 aromatic carbocycles. The topological polar surface area (TPSA) is 15.3 Å². The van der Waals surface area contributed by atoms with Crippen molar-refractivity contribution < 1.29 is 0 Å². The van der Waals surface area contributed by atoms with E-state index in [2.05, 4.69) is 62.4 Å². The molecule has 1 aromatic rings. The van der Waals surface area contributed by atoms with Gasteiger partial charge in [0.25, 0.3) is 0 Å². The SMILES string of the molecule is CCNC(c1cccc(N(C)C)c1)C1CCCCC1CC. The molecule has 0 saturated heterocycles. The van der Waals surface area contributed by atoms with E-state index in [-0.39, 0.29) is 0 Å². The third-order valence-corrected chi connectivity index (χ3v) is 5.09. The normalized spacial score (nSPS) is 23.8. The number of hydrogen-bond acceptors (Lipinski definition) is 2. The summed E-state index contributed by atoms with van der Waals surface area (Å²) in [5.41, 5.74) is 2.77. The monoisotopic (exact) mass is 288 g/mol. The van der Waals surface area contributed by atoms with Crippen LogP contribution in [0.1, 0.15) is 57.6 Å². The molecule has 0 radical (unpaired) electrons. The molecule has 0 aliphatic heterocycles. The van der Waals surface area contributed by atoms with E-state index in [1.807, 2.05) is 0 Å². The molecule has 21 heavy (non-hydrogen) atoms. The smallest absolute Gasteiger partial charge is 0.0364 e. The third kappa shape index (κ3) is 4.00. The first kappa shape index (κ1) is 16.4. The molecule has 1 fully saturated rings. The van der Waals surface area contributed by atoms with Crippen LogP contribution < -0.4 is 10.2 Å². The summed E-state index contributed by atoms with van der Waals surface area (Å²) in [5.74, 6) is 1.67. The molecule has 2 heteroatoms. The zero-order valence-corrected chi connectivity index (χ0v) is 14.2. The van der Waals surface area contributed by atoms with Gasteiger partial charge in [0, 0.05) is 25.8 Å². The molecule has 0 amide bonds. The van der Waals surface area contributed by atoms with E-state index in [9.17, 15) is 0 Å². The Balaban J connectivity index is 2.26. The highest BCUT2D eigenvalue weighted by molar-refractivity contribution is 5.48. The molecule has 118 valence electrons. The molecule has 2 nitrogen and oxygen atoms in total. The summed E-state index contributed by atoms with van der Waals surface area (Å²) in [5, 5.41) is 3.78. The molecule has 3 atom stereocenters. The second-order valence-electron chi connectivity index (χ2n) is 6.64. The van der Waals surface area contributed by atoms with Gasteiger partial charge in [0.2, 0.25) is 0 Å². The molecular weight excluding hydrogens is 256 g/mol. The van der Waals surface area contributed by atoms with Gasteiger partial charge in [-0.25, -0.2) is 0 Å².